The molecule has 5 aromatic rings. The smallest absolute Gasteiger partial charge is 0.416 e. The molecule has 3 N–H and O–H groups in total. The van der Waals surface area contributed by atoms with Gasteiger partial charge in [0, 0.05) is 22.6 Å². The van der Waals surface area contributed by atoms with Gasteiger partial charge in [-0.1, -0.05) is 86.0 Å². The van der Waals surface area contributed by atoms with Gasteiger partial charge in [-0.15, -0.1) is 0 Å². The second kappa shape index (κ2) is 17.8. The van der Waals surface area contributed by atoms with Crippen molar-refractivity contribution in [2.75, 3.05) is 5.32 Å². The van der Waals surface area contributed by atoms with Crippen molar-refractivity contribution >= 4 is 35.1 Å². The Morgan fingerprint density at radius 1 is 0.750 bits per heavy atom. The lowest BCUT2D eigenvalue weighted by Crippen LogP contribution is -2.42. The molecule has 0 saturated carbocycles. The third-order valence-corrected chi connectivity index (χ3v) is 8.97. The van der Waals surface area contributed by atoms with E-state index in [0.717, 1.165) is 42.5 Å². The topological polar surface area (TPSA) is 105 Å². The minimum Gasteiger partial charge on any atom is -0.480 e. The van der Waals surface area contributed by atoms with Gasteiger partial charge < -0.3 is 20.5 Å². The minimum atomic E-state index is -5.20. The summed E-state index contributed by atoms with van der Waals surface area (Å²) in [6.45, 7) is 2.16. The second-order valence-electron chi connectivity index (χ2n) is 12.9. The van der Waals surface area contributed by atoms with Crippen molar-refractivity contribution in [3.05, 3.63) is 148 Å². The van der Waals surface area contributed by atoms with E-state index in [1.54, 1.807) is 24.3 Å². The minimum absolute atomic E-state index is 0.0299. The number of carbonyl (C=O) groups is 3. The standard InChI is InChI=1S/C42H35ClF6N2O5/c1-2-3-4-7-25-12-17-32(18-13-25)56-37-9-6-5-8-33(37)27-14-10-26(11-15-27)20-36(40(54)55)51-39(53)34-24-31(43)16-19-35(34)50-38(52)28-21-29(41(44,45)46)23-30(22-28)42(47,48)49/h5-6,8-19,21-24,36H,2-4,7,20H2,1H3,(H,50,52)(H,51,53)(H,54,55)/t36-/m0/s1. The Kier molecular flexibility index (Phi) is 13.1. The Hall–Kier alpha value is -5.82. The summed E-state index contributed by atoms with van der Waals surface area (Å²) < 4.78 is 86.6. The van der Waals surface area contributed by atoms with Crippen LogP contribution in [0.2, 0.25) is 5.02 Å². The van der Waals surface area contributed by atoms with E-state index >= 15 is 0 Å². The number of ether oxygens (including phenoxy) is 1. The quantitative estimate of drug-likeness (QED) is 0.0767. The fraction of sp³-hybridized carbons (Fsp3) is 0.214. The van der Waals surface area contributed by atoms with Crippen LogP contribution in [-0.2, 0) is 30.0 Å². The molecule has 0 saturated heterocycles. The zero-order valence-corrected chi connectivity index (χ0v) is 30.5. The van der Waals surface area contributed by atoms with Gasteiger partial charge in [0.25, 0.3) is 11.8 Å². The van der Waals surface area contributed by atoms with E-state index in [9.17, 15) is 45.8 Å². The van der Waals surface area contributed by atoms with Crippen LogP contribution in [-0.4, -0.2) is 28.9 Å². The van der Waals surface area contributed by atoms with Gasteiger partial charge in [-0.25, -0.2) is 4.79 Å². The van der Waals surface area contributed by atoms with E-state index < -0.39 is 58.4 Å². The molecule has 0 spiro atoms. The molecular weight excluding hydrogens is 762 g/mol. The van der Waals surface area contributed by atoms with E-state index in [-0.39, 0.29) is 35.3 Å². The van der Waals surface area contributed by atoms with Gasteiger partial charge in [-0.2, -0.15) is 26.3 Å². The second-order valence-corrected chi connectivity index (χ2v) is 13.3. The fourth-order valence-corrected chi connectivity index (χ4v) is 5.98. The first-order chi connectivity index (χ1) is 26.5. The molecule has 0 heterocycles. The number of unbranched alkanes of at least 4 members (excludes halogenated alkanes) is 2. The number of aryl methyl sites for hydroxylation is 1. The van der Waals surface area contributed by atoms with Gasteiger partial charge in [0.15, 0.2) is 0 Å². The molecule has 292 valence electrons. The van der Waals surface area contributed by atoms with Crippen molar-refractivity contribution in [2.45, 2.75) is 57.4 Å². The van der Waals surface area contributed by atoms with Gasteiger partial charge in [0.1, 0.15) is 17.5 Å². The van der Waals surface area contributed by atoms with Crippen molar-refractivity contribution < 1.29 is 50.6 Å². The van der Waals surface area contributed by atoms with Crippen molar-refractivity contribution in [1.29, 1.82) is 0 Å². The van der Waals surface area contributed by atoms with Crippen LogP contribution in [0.15, 0.2) is 109 Å². The number of anilines is 1. The lowest BCUT2D eigenvalue weighted by Gasteiger charge is -2.18. The number of nitrogens with one attached hydrogen (secondary N) is 2. The molecule has 0 aliphatic heterocycles. The molecule has 0 unspecified atom stereocenters. The molecule has 0 fully saturated rings. The third-order valence-electron chi connectivity index (χ3n) is 8.74. The largest absolute Gasteiger partial charge is 0.480 e. The number of carboxylic acids is 1. The molecule has 5 aromatic carbocycles. The highest BCUT2D eigenvalue weighted by atomic mass is 35.5. The first-order valence-electron chi connectivity index (χ1n) is 17.4. The monoisotopic (exact) mass is 796 g/mol. The van der Waals surface area contributed by atoms with E-state index in [0.29, 0.717) is 17.1 Å². The number of hydrogen-bond acceptors (Lipinski definition) is 4. The van der Waals surface area contributed by atoms with Gasteiger partial charge in [-0.3, -0.25) is 9.59 Å². The van der Waals surface area contributed by atoms with Crippen LogP contribution in [0.1, 0.15) is 69.2 Å². The number of halogens is 7. The Labute approximate surface area is 323 Å². The normalized spacial score (nSPS) is 12.1. The zero-order chi connectivity index (χ0) is 40.6. The van der Waals surface area contributed by atoms with Crippen molar-refractivity contribution in [3.8, 4) is 22.6 Å². The lowest BCUT2D eigenvalue weighted by molar-refractivity contribution is -0.143. The molecule has 0 radical (unpaired) electrons. The highest BCUT2D eigenvalue weighted by molar-refractivity contribution is 6.31. The van der Waals surface area contributed by atoms with E-state index in [4.69, 9.17) is 16.3 Å². The summed E-state index contributed by atoms with van der Waals surface area (Å²) in [5.74, 6) is -2.56. The highest BCUT2D eigenvalue weighted by Crippen LogP contribution is 2.37. The summed E-state index contributed by atoms with van der Waals surface area (Å²) in [5.41, 5.74) is -1.82. The Morgan fingerprint density at radius 3 is 1.98 bits per heavy atom. The maximum Gasteiger partial charge on any atom is 0.416 e. The maximum atomic E-state index is 13.4. The molecule has 0 bridgehead atoms. The van der Waals surface area contributed by atoms with Crippen LogP contribution in [0.25, 0.3) is 11.1 Å². The molecule has 0 aliphatic rings. The first kappa shape index (κ1) is 41.3. The van der Waals surface area contributed by atoms with E-state index in [1.165, 1.54) is 18.1 Å². The van der Waals surface area contributed by atoms with Crippen LogP contribution in [0.3, 0.4) is 0 Å². The number of alkyl halides is 6. The lowest BCUT2D eigenvalue weighted by atomic mass is 9.99. The van der Waals surface area contributed by atoms with Gasteiger partial charge in [0.2, 0.25) is 0 Å². The third kappa shape index (κ3) is 10.9. The highest BCUT2D eigenvalue weighted by Gasteiger charge is 2.37. The summed E-state index contributed by atoms with van der Waals surface area (Å²) in [4.78, 5) is 38.7. The SMILES string of the molecule is CCCCCc1ccc(Oc2ccccc2-c2ccc(C[C@H](NC(=O)c3cc(Cl)ccc3NC(=O)c3cc(C(F)(F)F)cc(C(F)(F)F)c3)C(=O)O)cc2)cc1. The molecule has 56 heavy (non-hydrogen) atoms. The Morgan fingerprint density at radius 2 is 1.38 bits per heavy atom. The number of benzene rings is 5. The molecule has 0 aliphatic carbocycles. The fourth-order valence-electron chi connectivity index (χ4n) is 5.81. The summed E-state index contributed by atoms with van der Waals surface area (Å²) in [7, 11) is 0. The van der Waals surface area contributed by atoms with Gasteiger partial charge in [-0.05, 0) is 84.1 Å². The molecule has 5 rings (SSSR count). The first-order valence-corrected chi connectivity index (χ1v) is 17.8. The molecule has 1 atom stereocenters. The van der Waals surface area contributed by atoms with E-state index in [2.05, 4.69) is 17.6 Å². The maximum absolute atomic E-state index is 13.4. The molecule has 14 heteroatoms. The van der Waals surface area contributed by atoms with Crippen LogP contribution in [0.4, 0.5) is 32.0 Å². The average Bonchev–Trinajstić information content (AvgIpc) is 3.15. The molecule has 7 nitrogen and oxygen atoms in total. The number of aliphatic carboxylic acids is 1. The predicted molar refractivity (Wildman–Crippen MR) is 200 cm³/mol. The summed E-state index contributed by atoms with van der Waals surface area (Å²) in [6.07, 6.45) is -6.16. The molecular formula is C42H35ClF6N2O5. The Bertz CT molecular complexity index is 2160. The summed E-state index contributed by atoms with van der Waals surface area (Å²) in [5, 5.41) is 14.5. The van der Waals surface area contributed by atoms with Crippen molar-refractivity contribution in [2.24, 2.45) is 0 Å². The Balaban J connectivity index is 1.30. The number of carboxylic acid groups (broad SMARTS) is 1. The number of hydrogen-bond donors (Lipinski definition) is 3. The van der Waals surface area contributed by atoms with Crippen LogP contribution < -0.4 is 15.4 Å². The van der Waals surface area contributed by atoms with Crippen LogP contribution in [0.5, 0.6) is 11.5 Å². The van der Waals surface area contributed by atoms with Crippen LogP contribution in [0, 0.1) is 0 Å². The van der Waals surface area contributed by atoms with Crippen molar-refractivity contribution in [1.82, 2.24) is 5.32 Å². The van der Waals surface area contributed by atoms with Gasteiger partial charge >= 0.3 is 18.3 Å². The zero-order valence-electron chi connectivity index (χ0n) is 29.7. The summed E-state index contributed by atoms with van der Waals surface area (Å²) in [6, 6.07) is 24.5. The number of rotatable bonds is 14. The summed E-state index contributed by atoms with van der Waals surface area (Å²) >= 11 is 6.07. The van der Waals surface area contributed by atoms with Gasteiger partial charge in [0.05, 0.1) is 22.4 Å². The van der Waals surface area contributed by atoms with Crippen LogP contribution >= 0.6 is 11.6 Å². The number of amides is 2. The molecule has 0 aromatic heterocycles. The number of carbonyl (C=O) groups excluding carboxylic acids is 2. The number of para-hydroxylation sites is 1. The van der Waals surface area contributed by atoms with E-state index in [1.807, 2.05) is 48.5 Å². The predicted octanol–water partition coefficient (Wildman–Crippen LogP) is 11.2. The van der Waals surface area contributed by atoms with Crippen molar-refractivity contribution in [3.63, 3.8) is 0 Å². The average molecular weight is 797 g/mol. The molecule has 2 amide bonds.